The van der Waals surface area contributed by atoms with Gasteiger partial charge in [0.2, 0.25) is 0 Å². The number of halogens is 3. The van der Waals surface area contributed by atoms with Crippen LogP contribution >= 0.6 is 0 Å². The van der Waals surface area contributed by atoms with Gasteiger partial charge in [-0.2, -0.15) is 13.2 Å². The molecule has 0 amide bonds. The topological polar surface area (TPSA) is 47.7 Å². The van der Waals surface area contributed by atoms with Crippen molar-refractivity contribution in [2.24, 2.45) is 0 Å². The zero-order valence-electron chi connectivity index (χ0n) is 10.2. The number of hydrogen-bond donors (Lipinski definition) is 1. The summed E-state index contributed by atoms with van der Waals surface area (Å²) in [4.78, 5) is 1.93. The molecule has 0 saturated carbocycles. The third-order valence-electron chi connectivity index (χ3n) is 2.73. The number of nitrogens with two attached hydrogens (primary N) is 1. The summed E-state index contributed by atoms with van der Waals surface area (Å²) in [5.41, 5.74) is 6.57. The minimum atomic E-state index is -4.37. The summed E-state index contributed by atoms with van der Waals surface area (Å²) in [6.45, 7) is 0.999. The van der Waals surface area contributed by atoms with Gasteiger partial charge >= 0.3 is 6.18 Å². The Hall–Kier alpha value is -1.63. The van der Waals surface area contributed by atoms with Gasteiger partial charge in [0.25, 0.3) is 0 Å². The number of benzene rings is 1. The Morgan fingerprint density at radius 1 is 1.26 bits per heavy atom. The Labute approximate surface area is 108 Å². The van der Waals surface area contributed by atoms with Gasteiger partial charge in [0.15, 0.2) is 6.61 Å². The lowest BCUT2D eigenvalue weighted by atomic mass is 10.2. The first-order chi connectivity index (χ1) is 8.96. The van der Waals surface area contributed by atoms with Gasteiger partial charge in [-0.05, 0) is 12.1 Å². The van der Waals surface area contributed by atoms with E-state index in [-0.39, 0.29) is 5.75 Å². The second-order valence-electron chi connectivity index (χ2n) is 4.23. The number of rotatable bonds is 3. The number of hydrogen-bond acceptors (Lipinski definition) is 4. The van der Waals surface area contributed by atoms with Crippen molar-refractivity contribution < 1.29 is 22.6 Å². The van der Waals surface area contributed by atoms with Crippen LogP contribution in [0.5, 0.6) is 5.75 Å². The van der Waals surface area contributed by atoms with Crippen LogP contribution < -0.4 is 15.4 Å². The molecular formula is C12H15F3N2O2. The second kappa shape index (κ2) is 5.56. The van der Waals surface area contributed by atoms with E-state index in [1.54, 1.807) is 12.1 Å². The Balaban J connectivity index is 2.17. The van der Waals surface area contributed by atoms with Crippen LogP contribution in [-0.4, -0.2) is 39.1 Å². The maximum Gasteiger partial charge on any atom is 0.422 e. The lowest BCUT2D eigenvalue weighted by molar-refractivity contribution is -0.153. The molecule has 2 rings (SSSR count). The highest BCUT2D eigenvalue weighted by molar-refractivity contribution is 5.64. The Kier molecular flexibility index (Phi) is 4.04. The third-order valence-corrected chi connectivity index (χ3v) is 2.73. The number of nitrogen functional groups attached to an aromatic ring is 1. The summed E-state index contributed by atoms with van der Waals surface area (Å²) < 4.78 is 46.7. The van der Waals surface area contributed by atoms with Gasteiger partial charge in [-0.15, -0.1) is 0 Å². The number of alkyl halides is 3. The van der Waals surface area contributed by atoms with Crippen LogP contribution in [0.3, 0.4) is 0 Å². The zero-order valence-corrected chi connectivity index (χ0v) is 10.2. The van der Waals surface area contributed by atoms with Crippen molar-refractivity contribution in [2.45, 2.75) is 6.18 Å². The molecule has 1 aromatic rings. The highest BCUT2D eigenvalue weighted by Gasteiger charge is 2.29. The van der Waals surface area contributed by atoms with Crippen molar-refractivity contribution >= 4 is 11.4 Å². The Bertz CT molecular complexity index is 431. The molecule has 7 heteroatoms. The molecular weight excluding hydrogens is 261 g/mol. The minimum Gasteiger partial charge on any atom is -0.482 e. The molecule has 0 bridgehead atoms. The van der Waals surface area contributed by atoms with Crippen molar-refractivity contribution in [3.63, 3.8) is 0 Å². The first-order valence-corrected chi connectivity index (χ1v) is 5.87. The van der Waals surface area contributed by atoms with Gasteiger partial charge in [-0.25, -0.2) is 0 Å². The standard InChI is InChI=1S/C12H15F3N2O2/c13-12(14,15)8-19-11-7-9(16)1-2-10(11)17-3-5-18-6-4-17/h1-2,7H,3-6,8,16H2. The second-order valence-corrected chi connectivity index (χ2v) is 4.23. The lowest BCUT2D eigenvalue weighted by Gasteiger charge is -2.30. The highest BCUT2D eigenvalue weighted by Crippen LogP contribution is 2.32. The van der Waals surface area contributed by atoms with Crippen molar-refractivity contribution in [3.8, 4) is 5.75 Å². The SMILES string of the molecule is Nc1ccc(N2CCOCC2)c(OCC(F)(F)F)c1. The average molecular weight is 276 g/mol. The van der Waals surface area contributed by atoms with Crippen LogP contribution in [0.4, 0.5) is 24.5 Å². The van der Waals surface area contributed by atoms with Crippen molar-refractivity contribution in [1.29, 1.82) is 0 Å². The van der Waals surface area contributed by atoms with Crippen LogP contribution in [0.25, 0.3) is 0 Å². The minimum absolute atomic E-state index is 0.152. The van der Waals surface area contributed by atoms with Crippen LogP contribution in [0, 0.1) is 0 Å². The van der Waals surface area contributed by atoms with Gasteiger partial charge in [0.1, 0.15) is 5.75 Å². The van der Waals surface area contributed by atoms with Gasteiger partial charge in [0, 0.05) is 24.8 Å². The first kappa shape index (κ1) is 13.8. The molecule has 19 heavy (non-hydrogen) atoms. The van der Waals surface area contributed by atoms with Gasteiger partial charge in [0.05, 0.1) is 18.9 Å². The molecule has 1 aliphatic rings. The predicted octanol–water partition coefficient (Wildman–Crippen LogP) is 2.05. The van der Waals surface area contributed by atoms with E-state index in [9.17, 15) is 13.2 Å². The van der Waals surface area contributed by atoms with E-state index in [1.807, 2.05) is 4.90 Å². The smallest absolute Gasteiger partial charge is 0.422 e. The van der Waals surface area contributed by atoms with E-state index in [1.165, 1.54) is 6.07 Å². The van der Waals surface area contributed by atoms with Crippen LogP contribution in [-0.2, 0) is 4.74 Å². The van der Waals surface area contributed by atoms with E-state index in [0.717, 1.165) is 0 Å². The van der Waals surface area contributed by atoms with Crippen molar-refractivity contribution in [1.82, 2.24) is 0 Å². The molecule has 0 spiro atoms. The fourth-order valence-corrected chi connectivity index (χ4v) is 1.87. The molecule has 2 N–H and O–H groups in total. The largest absolute Gasteiger partial charge is 0.482 e. The maximum absolute atomic E-state index is 12.2. The van der Waals surface area contributed by atoms with Gasteiger partial charge in [-0.3, -0.25) is 0 Å². The molecule has 1 saturated heterocycles. The Morgan fingerprint density at radius 3 is 2.58 bits per heavy atom. The van der Waals surface area contributed by atoms with E-state index < -0.39 is 12.8 Å². The fourth-order valence-electron chi connectivity index (χ4n) is 1.87. The lowest BCUT2D eigenvalue weighted by Crippen LogP contribution is -2.36. The quantitative estimate of drug-likeness (QED) is 0.858. The summed E-state index contributed by atoms with van der Waals surface area (Å²) in [6, 6.07) is 4.73. The van der Waals surface area contributed by atoms with Crippen molar-refractivity contribution in [2.75, 3.05) is 43.5 Å². The summed E-state index contributed by atoms with van der Waals surface area (Å²) in [7, 11) is 0. The van der Waals surface area contributed by atoms with Crippen molar-refractivity contribution in [3.05, 3.63) is 18.2 Å². The summed E-state index contributed by atoms with van der Waals surface area (Å²) in [5, 5.41) is 0. The molecule has 0 unspecified atom stereocenters. The van der Waals surface area contributed by atoms with E-state index in [2.05, 4.69) is 0 Å². The number of ether oxygens (including phenoxy) is 2. The summed E-state index contributed by atoms with van der Waals surface area (Å²) in [6.07, 6.45) is -4.37. The maximum atomic E-state index is 12.2. The van der Waals surface area contributed by atoms with Crippen LogP contribution in [0.15, 0.2) is 18.2 Å². The molecule has 0 aromatic heterocycles. The predicted molar refractivity (Wildman–Crippen MR) is 65.4 cm³/mol. The Morgan fingerprint density at radius 2 is 1.95 bits per heavy atom. The fraction of sp³-hybridized carbons (Fsp3) is 0.500. The summed E-state index contributed by atoms with van der Waals surface area (Å²) in [5.74, 6) is 0.152. The molecule has 1 heterocycles. The van der Waals surface area contributed by atoms with E-state index in [0.29, 0.717) is 37.7 Å². The molecule has 0 aliphatic carbocycles. The highest BCUT2D eigenvalue weighted by atomic mass is 19.4. The first-order valence-electron chi connectivity index (χ1n) is 5.87. The molecule has 0 atom stereocenters. The number of anilines is 2. The van der Waals surface area contributed by atoms with E-state index in [4.69, 9.17) is 15.2 Å². The monoisotopic (exact) mass is 276 g/mol. The van der Waals surface area contributed by atoms with Gasteiger partial charge in [-0.1, -0.05) is 0 Å². The molecule has 4 nitrogen and oxygen atoms in total. The molecule has 1 aromatic carbocycles. The molecule has 1 fully saturated rings. The number of morpholine rings is 1. The number of nitrogens with zero attached hydrogens (tertiary/aromatic N) is 1. The zero-order chi connectivity index (χ0) is 13.9. The van der Waals surface area contributed by atoms with Crippen LogP contribution in [0.2, 0.25) is 0 Å². The molecule has 1 aliphatic heterocycles. The normalized spacial score (nSPS) is 16.5. The van der Waals surface area contributed by atoms with Gasteiger partial charge < -0.3 is 20.1 Å². The van der Waals surface area contributed by atoms with E-state index >= 15 is 0 Å². The molecule has 0 radical (unpaired) electrons. The van der Waals surface area contributed by atoms with Crippen LogP contribution in [0.1, 0.15) is 0 Å². The summed E-state index contributed by atoms with van der Waals surface area (Å²) >= 11 is 0. The molecule has 106 valence electrons. The third kappa shape index (κ3) is 3.92. The average Bonchev–Trinajstić information content (AvgIpc) is 2.37.